The summed E-state index contributed by atoms with van der Waals surface area (Å²) in [5, 5.41) is 0. The number of hydrogen-bond acceptors (Lipinski definition) is 2. The average molecular weight is 272 g/mol. The molecular weight excluding hydrogens is 248 g/mol. The highest BCUT2D eigenvalue weighted by atomic mass is 16.1. The van der Waals surface area contributed by atoms with Crippen LogP contribution in [0.4, 0.5) is 0 Å². The van der Waals surface area contributed by atoms with Gasteiger partial charge >= 0.3 is 0 Å². The quantitative estimate of drug-likeness (QED) is 0.598. The van der Waals surface area contributed by atoms with Crippen molar-refractivity contribution >= 4 is 12.1 Å². The molecular formula is C18H24O2. The van der Waals surface area contributed by atoms with E-state index in [-0.39, 0.29) is 11.7 Å². The fourth-order valence-electron chi connectivity index (χ4n) is 3.33. The first-order valence-electron chi connectivity index (χ1n) is 7.77. The van der Waals surface area contributed by atoms with Gasteiger partial charge in [0.25, 0.3) is 0 Å². The Kier molecular flexibility index (Phi) is 5.51. The van der Waals surface area contributed by atoms with Crippen molar-refractivity contribution in [2.75, 3.05) is 0 Å². The molecule has 0 aromatic heterocycles. The van der Waals surface area contributed by atoms with Gasteiger partial charge in [0.1, 0.15) is 6.29 Å². The third kappa shape index (κ3) is 3.78. The number of carbonyl (C=O) groups is 2. The summed E-state index contributed by atoms with van der Waals surface area (Å²) in [6, 6.07) is 8.02. The summed E-state index contributed by atoms with van der Waals surface area (Å²) in [6.07, 6.45) is 8.75. The minimum absolute atomic E-state index is 0.159. The van der Waals surface area contributed by atoms with E-state index >= 15 is 0 Å². The Hall–Kier alpha value is -1.44. The molecule has 1 aromatic rings. The molecule has 0 N–H and O–H groups in total. The minimum Gasteiger partial charge on any atom is -0.303 e. The molecule has 2 nitrogen and oxygen atoms in total. The maximum Gasteiger partial charge on any atom is 0.160 e. The van der Waals surface area contributed by atoms with Gasteiger partial charge in [0.15, 0.2) is 5.78 Å². The summed E-state index contributed by atoms with van der Waals surface area (Å²) >= 11 is 0. The normalized spacial score (nSPS) is 24.2. The summed E-state index contributed by atoms with van der Waals surface area (Å²) in [6.45, 7) is 1.65. The van der Waals surface area contributed by atoms with Crippen LogP contribution < -0.4 is 0 Å². The van der Waals surface area contributed by atoms with E-state index in [1.165, 1.54) is 5.56 Å². The van der Waals surface area contributed by atoms with Crippen LogP contribution in [-0.4, -0.2) is 12.1 Å². The maximum absolute atomic E-state index is 11.8. The van der Waals surface area contributed by atoms with E-state index in [2.05, 4.69) is 6.07 Å². The fourth-order valence-corrected chi connectivity index (χ4v) is 3.33. The molecule has 0 aliphatic heterocycles. The second-order valence-electron chi connectivity index (χ2n) is 5.95. The molecule has 2 unspecified atom stereocenters. The van der Waals surface area contributed by atoms with E-state index in [9.17, 15) is 9.59 Å². The first-order valence-corrected chi connectivity index (χ1v) is 7.77. The Morgan fingerprint density at radius 3 is 2.45 bits per heavy atom. The summed E-state index contributed by atoms with van der Waals surface area (Å²) in [5.41, 5.74) is 2.09. The van der Waals surface area contributed by atoms with Crippen LogP contribution in [0.5, 0.6) is 0 Å². The lowest BCUT2D eigenvalue weighted by Crippen LogP contribution is -2.06. The van der Waals surface area contributed by atoms with E-state index in [1.54, 1.807) is 6.92 Å². The van der Waals surface area contributed by atoms with Gasteiger partial charge in [-0.3, -0.25) is 4.79 Å². The first kappa shape index (κ1) is 15.0. The van der Waals surface area contributed by atoms with Crippen molar-refractivity contribution in [1.29, 1.82) is 0 Å². The van der Waals surface area contributed by atoms with Crippen LogP contribution in [-0.2, 0) is 4.79 Å². The lowest BCUT2D eigenvalue weighted by atomic mass is 9.85. The second-order valence-corrected chi connectivity index (χ2v) is 5.95. The van der Waals surface area contributed by atoms with Gasteiger partial charge in [0.05, 0.1) is 0 Å². The van der Waals surface area contributed by atoms with Crippen molar-refractivity contribution < 1.29 is 9.59 Å². The van der Waals surface area contributed by atoms with Crippen molar-refractivity contribution in [1.82, 2.24) is 0 Å². The first-order chi connectivity index (χ1) is 9.72. The molecule has 1 saturated carbocycles. The summed E-state index contributed by atoms with van der Waals surface area (Å²) in [5.74, 6) is 0.878. The van der Waals surface area contributed by atoms with Crippen molar-refractivity contribution in [3.63, 3.8) is 0 Å². The molecule has 0 heterocycles. The third-order valence-electron chi connectivity index (χ3n) is 4.48. The lowest BCUT2D eigenvalue weighted by molar-refractivity contribution is -0.111. The fraction of sp³-hybridized carbons (Fsp3) is 0.556. The van der Waals surface area contributed by atoms with Crippen LogP contribution in [0.15, 0.2) is 24.3 Å². The van der Waals surface area contributed by atoms with Crippen LogP contribution in [0.2, 0.25) is 0 Å². The molecule has 1 aliphatic rings. The number of Topliss-reactive ketones (excluding diaryl/α,β-unsaturated/α-hetero) is 1. The zero-order valence-corrected chi connectivity index (χ0v) is 12.3. The molecule has 0 radical (unpaired) electrons. The van der Waals surface area contributed by atoms with Gasteiger partial charge in [-0.25, -0.2) is 0 Å². The number of carbonyl (C=O) groups excluding carboxylic acids is 2. The monoisotopic (exact) mass is 272 g/mol. The van der Waals surface area contributed by atoms with Crippen LogP contribution >= 0.6 is 0 Å². The largest absolute Gasteiger partial charge is 0.303 e. The van der Waals surface area contributed by atoms with Gasteiger partial charge in [-0.2, -0.15) is 0 Å². The highest BCUT2D eigenvalue weighted by molar-refractivity contribution is 5.95. The number of hydrogen-bond donors (Lipinski definition) is 0. The van der Waals surface area contributed by atoms with E-state index in [0.29, 0.717) is 5.92 Å². The number of benzene rings is 1. The van der Waals surface area contributed by atoms with E-state index in [4.69, 9.17) is 0 Å². The van der Waals surface area contributed by atoms with Gasteiger partial charge in [0.2, 0.25) is 0 Å². The topological polar surface area (TPSA) is 34.1 Å². The molecule has 108 valence electrons. The van der Waals surface area contributed by atoms with Gasteiger partial charge < -0.3 is 4.79 Å². The van der Waals surface area contributed by atoms with Crippen molar-refractivity contribution in [2.45, 2.75) is 57.8 Å². The molecule has 0 bridgehead atoms. The SMILES string of the molecule is CC(=O)c1ccccc1C1CCCCC(C=O)CCC1. The highest BCUT2D eigenvalue weighted by Gasteiger charge is 2.19. The number of aldehydes is 1. The molecule has 2 rings (SSSR count). The van der Waals surface area contributed by atoms with E-state index in [1.807, 2.05) is 18.2 Å². The predicted molar refractivity (Wildman–Crippen MR) is 81.1 cm³/mol. The van der Waals surface area contributed by atoms with Crippen LogP contribution in [0, 0.1) is 5.92 Å². The molecule has 0 amide bonds. The van der Waals surface area contributed by atoms with Crippen molar-refractivity contribution in [3.8, 4) is 0 Å². The molecule has 1 aromatic carbocycles. The minimum atomic E-state index is 0.159. The summed E-state index contributed by atoms with van der Waals surface area (Å²) in [4.78, 5) is 22.8. The highest BCUT2D eigenvalue weighted by Crippen LogP contribution is 2.33. The Morgan fingerprint density at radius 2 is 1.70 bits per heavy atom. The maximum atomic E-state index is 11.8. The van der Waals surface area contributed by atoms with E-state index < -0.39 is 0 Å². The Labute approximate surface area is 121 Å². The van der Waals surface area contributed by atoms with E-state index in [0.717, 1.165) is 56.8 Å². The molecule has 2 atom stereocenters. The molecule has 0 spiro atoms. The van der Waals surface area contributed by atoms with Crippen LogP contribution in [0.1, 0.15) is 73.7 Å². The van der Waals surface area contributed by atoms with Crippen molar-refractivity contribution in [3.05, 3.63) is 35.4 Å². The molecule has 1 fully saturated rings. The van der Waals surface area contributed by atoms with Crippen molar-refractivity contribution in [2.24, 2.45) is 5.92 Å². The van der Waals surface area contributed by atoms with Gasteiger partial charge in [-0.15, -0.1) is 0 Å². The Morgan fingerprint density at radius 1 is 1.05 bits per heavy atom. The zero-order valence-electron chi connectivity index (χ0n) is 12.3. The molecule has 1 aliphatic carbocycles. The average Bonchev–Trinajstić information content (AvgIpc) is 2.58. The summed E-state index contributed by atoms with van der Waals surface area (Å²) in [7, 11) is 0. The molecule has 20 heavy (non-hydrogen) atoms. The predicted octanol–water partition coefficient (Wildman–Crippen LogP) is 4.53. The standard InChI is InChI=1S/C18H24O2/c1-14(20)17-11-4-5-12-18(17)16-9-3-2-7-15(13-19)8-6-10-16/h4-5,11-13,15-16H,2-3,6-10H2,1H3. The van der Waals surface area contributed by atoms with Crippen LogP contribution in [0.3, 0.4) is 0 Å². The Bertz CT molecular complexity index is 464. The smallest absolute Gasteiger partial charge is 0.160 e. The zero-order chi connectivity index (χ0) is 14.4. The van der Waals surface area contributed by atoms with Gasteiger partial charge in [-0.05, 0) is 44.1 Å². The Balaban J connectivity index is 2.15. The molecule has 0 saturated heterocycles. The number of ketones is 1. The summed E-state index contributed by atoms with van der Waals surface area (Å²) < 4.78 is 0. The van der Waals surface area contributed by atoms with Gasteiger partial charge in [-0.1, -0.05) is 43.5 Å². The number of rotatable bonds is 3. The third-order valence-corrected chi connectivity index (χ3v) is 4.48. The second kappa shape index (κ2) is 7.37. The lowest BCUT2D eigenvalue weighted by Gasteiger charge is -2.19. The molecule has 2 heteroatoms. The van der Waals surface area contributed by atoms with Gasteiger partial charge in [0, 0.05) is 11.5 Å². The van der Waals surface area contributed by atoms with Crippen LogP contribution in [0.25, 0.3) is 0 Å².